The lowest BCUT2D eigenvalue weighted by Gasteiger charge is -2.22. The van der Waals surface area contributed by atoms with E-state index in [1.54, 1.807) is 31.3 Å². The van der Waals surface area contributed by atoms with Gasteiger partial charge in [-0.2, -0.15) is 5.48 Å². The number of aliphatic hydroxyl groups is 2. The van der Waals surface area contributed by atoms with Crippen LogP contribution in [0.25, 0.3) is 10.1 Å². The topological polar surface area (TPSA) is 95.9 Å². The number of hydrogen-bond acceptors (Lipinski definition) is 7. The lowest BCUT2D eigenvalue weighted by molar-refractivity contribution is -0.151. The first-order valence-corrected chi connectivity index (χ1v) is 13.2. The quantitative estimate of drug-likeness (QED) is 0.222. The second-order valence-corrected chi connectivity index (χ2v) is 10.9. The van der Waals surface area contributed by atoms with E-state index in [1.165, 1.54) is 10.1 Å². The molecule has 1 aliphatic carbocycles. The Morgan fingerprint density at radius 2 is 2.06 bits per heavy atom. The Balaban J connectivity index is 1.56. The Hall–Kier alpha value is -2.32. The van der Waals surface area contributed by atoms with Gasteiger partial charge in [0.1, 0.15) is 5.78 Å². The number of nitrogens with one attached hydrogen (secondary N) is 1. The molecule has 0 spiro atoms. The third-order valence-corrected chi connectivity index (χ3v) is 7.76. The van der Waals surface area contributed by atoms with E-state index in [0.717, 1.165) is 4.88 Å². The van der Waals surface area contributed by atoms with Gasteiger partial charge in [-0.05, 0) is 43.7 Å². The average Bonchev–Trinajstić information content (AvgIpc) is 3.30. The van der Waals surface area contributed by atoms with Gasteiger partial charge in [0.25, 0.3) is 0 Å². The fourth-order valence-corrected chi connectivity index (χ4v) is 5.71. The van der Waals surface area contributed by atoms with Gasteiger partial charge < -0.3 is 15.1 Å². The van der Waals surface area contributed by atoms with Crippen LogP contribution >= 0.6 is 11.3 Å². The number of carbonyl (C=O) groups is 2. The van der Waals surface area contributed by atoms with Crippen LogP contribution in [0.4, 0.5) is 0 Å². The molecular formula is C28H37NO5S. The Morgan fingerprint density at radius 3 is 2.80 bits per heavy atom. The zero-order valence-electron chi connectivity index (χ0n) is 20.8. The largest absolute Gasteiger partial charge is 0.391 e. The first-order chi connectivity index (χ1) is 16.7. The number of benzene rings is 1. The molecule has 1 heterocycles. The molecule has 1 aromatic carbocycles. The van der Waals surface area contributed by atoms with Gasteiger partial charge in [-0.25, -0.2) is 0 Å². The molecule has 2 aromatic rings. The lowest BCUT2D eigenvalue weighted by atomic mass is 9.86. The summed E-state index contributed by atoms with van der Waals surface area (Å²) in [7, 11) is 0. The Bertz CT molecular complexity index is 1020. The molecule has 35 heavy (non-hydrogen) atoms. The van der Waals surface area contributed by atoms with Crippen molar-refractivity contribution >= 4 is 33.2 Å². The normalized spacial score (nSPS) is 23.0. The van der Waals surface area contributed by atoms with Crippen molar-refractivity contribution in [2.75, 3.05) is 6.54 Å². The van der Waals surface area contributed by atoms with Crippen molar-refractivity contribution in [1.82, 2.24) is 5.48 Å². The van der Waals surface area contributed by atoms with E-state index in [9.17, 15) is 19.8 Å². The second-order valence-electron chi connectivity index (χ2n) is 9.69. The molecule has 1 saturated carbocycles. The number of hydrogen-bond donors (Lipinski definition) is 3. The SMILES string of the molecule is CCNOC(=O)CCCC=CC[C@H]1C(=O)C(C)(C)[C@@H](O)[C@@H]1C=CC(O)Cc1cc2ccccc2s1. The van der Waals surface area contributed by atoms with Crippen molar-refractivity contribution in [3.8, 4) is 0 Å². The maximum atomic E-state index is 13.0. The molecule has 6 nitrogen and oxygen atoms in total. The predicted molar refractivity (Wildman–Crippen MR) is 140 cm³/mol. The smallest absolute Gasteiger partial charge is 0.324 e. The second kappa shape index (κ2) is 12.6. The Kier molecular flexibility index (Phi) is 9.80. The third-order valence-electron chi connectivity index (χ3n) is 6.62. The summed E-state index contributed by atoms with van der Waals surface area (Å²) in [5.41, 5.74) is 1.71. The predicted octanol–water partition coefficient (Wildman–Crippen LogP) is 4.75. The molecule has 1 aromatic heterocycles. The monoisotopic (exact) mass is 499 g/mol. The molecule has 0 saturated heterocycles. The number of rotatable bonds is 12. The highest BCUT2D eigenvalue weighted by molar-refractivity contribution is 7.19. The number of allylic oxidation sites excluding steroid dienone is 2. The van der Waals surface area contributed by atoms with E-state index in [4.69, 9.17) is 4.84 Å². The number of Topliss-reactive ketones (excluding diaryl/α,β-unsaturated/α-hetero) is 1. The molecule has 0 aliphatic heterocycles. The first kappa shape index (κ1) is 27.3. The number of thiophene rings is 1. The average molecular weight is 500 g/mol. The van der Waals surface area contributed by atoms with E-state index < -0.39 is 17.6 Å². The summed E-state index contributed by atoms with van der Waals surface area (Å²) in [4.78, 5) is 30.5. The van der Waals surface area contributed by atoms with Gasteiger partial charge in [-0.15, -0.1) is 11.3 Å². The zero-order chi connectivity index (χ0) is 25.4. The standard InChI is InChI=1S/C28H37NO5S/c1-4-29-34-25(31)14-8-6-5-7-12-22-23(27(33)28(2,3)26(22)32)16-15-20(30)18-21-17-19-11-9-10-13-24(19)35-21/h5,7,9-11,13,15-17,20,22-23,27,29-30,33H,4,6,8,12,14,18H2,1-3H3/t20?,22-,23-,27+/m1/s1. The summed E-state index contributed by atoms with van der Waals surface area (Å²) in [5.74, 6) is -0.940. The number of unbranched alkanes of at least 4 members (excludes halogenated alkanes) is 1. The maximum absolute atomic E-state index is 13.0. The van der Waals surface area contributed by atoms with Crippen molar-refractivity contribution in [3.63, 3.8) is 0 Å². The molecule has 3 N–H and O–H groups in total. The van der Waals surface area contributed by atoms with Crippen LogP contribution in [0.15, 0.2) is 54.6 Å². The molecule has 1 fully saturated rings. The fourth-order valence-electron chi connectivity index (χ4n) is 4.60. The van der Waals surface area contributed by atoms with Gasteiger partial charge in [0, 0.05) is 40.8 Å². The molecule has 7 heteroatoms. The van der Waals surface area contributed by atoms with Crippen LogP contribution in [0.2, 0.25) is 0 Å². The molecule has 1 aliphatic rings. The van der Waals surface area contributed by atoms with Gasteiger partial charge in [-0.3, -0.25) is 9.59 Å². The molecule has 1 unspecified atom stereocenters. The first-order valence-electron chi connectivity index (χ1n) is 12.4. The minimum atomic E-state index is -0.833. The van der Waals surface area contributed by atoms with Crippen LogP contribution in [-0.4, -0.2) is 40.7 Å². The van der Waals surface area contributed by atoms with Crippen molar-refractivity contribution < 1.29 is 24.6 Å². The molecule has 0 radical (unpaired) electrons. The highest BCUT2D eigenvalue weighted by Crippen LogP contribution is 2.44. The van der Waals surface area contributed by atoms with Crippen LogP contribution in [0, 0.1) is 17.3 Å². The highest BCUT2D eigenvalue weighted by atomic mass is 32.1. The summed E-state index contributed by atoms with van der Waals surface area (Å²) in [6.45, 7) is 6.00. The third kappa shape index (κ3) is 7.10. The van der Waals surface area contributed by atoms with Crippen LogP contribution in [-0.2, 0) is 20.8 Å². The zero-order valence-corrected chi connectivity index (χ0v) is 21.6. The van der Waals surface area contributed by atoms with E-state index in [0.29, 0.717) is 38.6 Å². The lowest BCUT2D eigenvalue weighted by Crippen LogP contribution is -2.31. The maximum Gasteiger partial charge on any atom is 0.324 e. The van der Waals surface area contributed by atoms with Crippen LogP contribution in [0.1, 0.15) is 51.3 Å². The summed E-state index contributed by atoms with van der Waals surface area (Å²) in [6.07, 6.45) is 8.71. The van der Waals surface area contributed by atoms with Gasteiger partial charge in [0.2, 0.25) is 0 Å². The van der Waals surface area contributed by atoms with Crippen molar-refractivity contribution in [2.24, 2.45) is 17.3 Å². The van der Waals surface area contributed by atoms with E-state index >= 15 is 0 Å². The number of aliphatic hydroxyl groups excluding tert-OH is 2. The molecule has 3 rings (SSSR count). The van der Waals surface area contributed by atoms with Crippen LogP contribution < -0.4 is 5.48 Å². The fraction of sp³-hybridized carbons (Fsp3) is 0.500. The summed E-state index contributed by atoms with van der Waals surface area (Å²) >= 11 is 1.67. The summed E-state index contributed by atoms with van der Waals surface area (Å²) in [5, 5.41) is 22.7. The molecule has 0 bridgehead atoms. The van der Waals surface area contributed by atoms with Crippen molar-refractivity contribution in [1.29, 1.82) is 0 Å². The van der Waals surface area contributed by atoms with Gasteiger partial charge >= 0.3 is 5.97 Å². The molecule has 4 atom stereocenters. The van der Waals surface area contributed by atoms with Crippen LogP contribution in [0.5, 0.6) is 0 Å². The summed E-state index contributed by atoms with van der Waals surface area (Å²) in [6, 6.07) is 10.2. The van der Waals surface area contributed by atoms with Gasteiger partial charge in [0.05, 0.1) is 17.6 Å². The van der Waals surface area contributed by atoms with Crippen LogP contribution in [0.3, 0.4) is 0 Å². The molecule has 0 amide bonds. The Morgan fingerprint density at radius 1 is 1.29 bits per heavy atom. The minimum absolute atomic E-state index is 0.0394. The Labute approximate surface area is 211 Å². The summed E-state index contributed by atoms with van der Waals surface area (Å²) < 4.78 is 1.19. The number of hydroxylamine groups is 1. The molecule has 190 valence electrons. The van der Waals surface area contributed by atoms with Crippen molar-refractivity contribution in [2.45, 2.75) is 65.1 Å². The molecular weight excluding hydrogens is 462 g/mol. The van der Waals surface area contributed by atoms with Gasteiger partial charge in [-0.1, -0.05) is 56.4 Å². The van der Waals surface area contributed by atoms with Gasteiger partial charge in [0.15, 0.2) is 0 Å². The van der Waals surface area contributed by atoms with E-state index in [-0.39, 0.29) is 23.6 Å². The number of ketones is 1. The van der Waals surface area contributed by atoms with E-state index in [2.05, 4.69) is 23.7 Å². The highest BCUT2D eigenvalue weighted by Gasteiger charge is 2.52. The van der Waals surface area contributed by atoms with Crippen molar-refractivity contribution in [3.05, 3.63) is 59.5 Å². The number of carbonyl (C=O) groups excluding carboxylic acids is 2. The minimum Gasteiger partial charge on any atom is -0.391 e. The number of fused-ring (bicyclic) bond motifs is 1. The van der Waals surface area contributed by atoms with E-state index in [1.807, 2.05) is 37.3 Å².